The summed E-state index contributed by atoms with van der Waals surface area (Å²) in [7, 11) is 4.81. The van der Waals surface area contributed by atoms with Gasteiger partial charge in [-0.15, -0.1) is 0 Å². The van der Waals surface area contributed by atoms with Gasteiger partial charge in [0.15, 0.2) is 11.5 Å². The second-order valence-electron chi connectivity index (χ2n) is 6.37. The molecule has 1 atom stereocenters. The summed E-state index contributed by atoms with van der Waals surface area (Å²) in [6.07, 6.45) is 0.623. The molecule has 0 fully saturated rings. The molecule has 2 aromatic carbocycles. The van der Waals surface area contributed by atoms with E-state index in [0.29, 0.717) is 30.2 Å². The molecule has 1 heterocycles. The summed E-state index contributed by atoms with van der Waals surface area (Å²) in [4.78, 5) is 9.28. The Hall–Kier alpha value is -3.06. The normalized spacial score (nSPS) is 11.9. The molecule has 28 heavy (non-hydrogen) atoms. The fourth-order valence-corrected chi connectivity index (χ4v) is 3.12. The largest absolute Gasteiger partial charge is 0.493 e. The van der Waals surface area contributed by atoms with E-state index < -0.39 is 0 Å². The molecule has 0 radical (unpaired) electrons. The third kappa shape index (κ3) is 3.94. The van der Waals surface area contributed by atoms with Crippen LogP contribution in [0.3, 0.4) is 0 Å². The topological polar surface area (TPSA) is 91.5 Å². The average molecular weight is 382 g/mol. The van der Waals surface area contributed by atoms with Gasteiger partial charge in [-0.05, 0) is 43.3 Å². The summed E-state index contributed by atoms with van der Waals surface area (Å²) in [6, 6.07) is 11.7. The number of hydrogen-bond donors (Lipinski definition) is 2. The number of anilines is 1. The van der Waals surface area contributed by atoms with Crippen molar-refractivity contribution in [1.82, 2.24) is 9.97 Å². The highest BCUT2D eigenvalue weighted by atomic mass is 16.5. The van der Waals surface area contributed by atoms with Crippen molar-refractivity contribution in [3.8, 4) is 17.2 Å². The number of hydrogen-bond acceptors (Lipinski definition) is 7. The first-order valence-electron chi connectivity index (χ1n) is 9.13. The lowest BCUT2D eigenvalue weighted by molar-refractivity contribution is 0.323. The first-order chi connectivity index (χ1) is 13.6. The quantitative estimate of drug-likeness (QED) is 0.617. The standard InChI is InChI=1S/C21H26N4O3/c1-13(14-11-17(26-2)20(28-4)18(12-14)27-3)23-21-15-7-5-6-8-16(15)24-19(25-21)9-10-22/h5-8,11-13H,9-10,22H2,1-4H3,(H,23,24,25)/t13-/m0/s1. The molecule has 0 aliphatic carbocycles. The smallest absolute Gasteiger partial charge is 0.203 e. The van der Waals surface area contributed by atoms with Gasteiger partial charge in [0.2, 0.25) is 5.75 Å². The van der Waals surface area contributed by atoms with E-state index in [9.17, 15) is 0 Å². The van der Waals surface area contributed by atoms with Crippen LogP contribution in [0.4, 0.5) is 5.82 Å². The lowest BCUT2D eigenvalue weighted by Gasteiger charge is -2.20. The zero-order chi connectivity index (χ0) is 20.1. The van der Waals surface area contributed by atoms with Gasteiger partial charge < -0.3 is 25.3 Å². The highest BCUT2D eigenvalue weighted by Gasteiger charge is 2.18. The summed E-state index contributed by atoms with van der Waals surface area (Å²) in [5, 5.41) is 4.46. The monoisotopic (exact) mass is 382 g/mol. The van der Waals surface area contributed by atoms with Crippen LogP contribution in [0.2, 0.25) is 0 Å². The van der Waals surface area contributed by atoms with E-state index in [-0.39, 0.29) is 6.04 Å². The van der Waals surface area contributed by atoms with Crippen LogP contribution >= 0.6 is 0 Å². The number of rotatable bonds is 8. The molecular formula is C21H26N4O3. The molecule has 0 bridgehead atoms. The van der Waals surface area contributed by atoms with Crippen LogP contribution in [0.5, 0.6) is 17.2 Å². The van der Waals surface area contributed by atoms with Gasteiger partial charge in [0, 0.05) is 11.8 Å². The summed E-state index contributed by atoms with van der Waals surface area (Å²) in [5.74, 6) is 3.29. The van der Waals surface area contributed by atoms with Crippen LogP contribution in [0.1, 0.15) is 24.4 Å². The van der Waals surface area contributed by atoms with Gasteiger partial charge in [-0.1, -0.05) is 12.1 Å². The first kappa shape index (κ1) is 19.7. The lowest BCUT2D eigenvalue weighted by atomic mass is 10.1. The number of methoxy groups -OCH3 is 3. The Morgan fingerprint density at radius 1 is 1.00 bits per heavy atom. The van der Waals surface area contributed by atoms with Crippen LogP contribution in [-0.4, -0.2) is 37.8 Å². The van der Waals surface area contributed by atoms with E-state index in [1.807, 2.05) is 36.4 Å². The summed E-state index contributed by atoms with van der Waals surface area (Å²) in [6.45, 7) is 2.56. The number of nitrogens with two attached hydrogens (primary N) is 1. The maximum atomic E-state index is 5.70. The van der Waals surface area contributed by atoms with Crippen molar-refractivity contribution in [2.45, 2.75) is 19.4 Å². The molecule has 3 N–H and O–H groups in total. The zero-order valence-electron chi connectivity index (χ0n) is 16.7. The van der Waals surface area contributed by atoms with Crippen LogP contribution in [0, 0.1) is 0 Å². The molecule has 0 amide bonds. The predicted molar refractivity (Wildman–Crippen MR) is 110 cm³/mol. The van der Waals surface area contributed by atoms with E-state index in [0.717, 1.165) is 28.1 Å². The molecule has 3 aromatic rings. The van der Waals surface area contributed by atoms with Gasteiger partial charge >= 0.3 is 0 Å². The zero-order valence-corrected chi connectivity index (χ0v) is 16.7. The van der Waals surface area contributed by atoms with Crippen molar-refractivity contribution in [2.24, 2.45) is 5.73 Å². The third-order valence-corrected chi connectivity index (χ3v) is 4.56. The van der Waals surface area contributed by atoms with Crippen molar-refractivity contribution in [2.75, 3.05) is 33.2 Å². The molecule has 7 heteroatoms. The van der Waals surface area contributed by atoms with Gasteiger partial charge in [-0.25, -0.2) is 9.97 Å². The fourth-order valence-electron chi connectivity index (χ4n) is 3.12. The maximum absolute atomic E-state index is 5.70. The SMILES string of the molecule is COc1cc([C@H](C)Nc2nc(CCN)nc3ccccc23)cc(OC)c1OC. The Bertz CT molecular complexity index is 937. The van der Waals surface area contributed by atoms with Crippen molar-refractivity contribution in [1.29, 1.82) is 0 Å². The van der Waals surface area contributed by atoms with Gasteiger partial charge in [-0.3, -0.25) is 0 Å². The van der Waals surface area contributed by atoms with Gasteiger partial charge in [0.25, 0.3) is 0 Å². The van der Waals surface area contributed by atoms with Crippen LogP contribution < -0.4 is 25.3 Å². The lowest BCUT2D eigenvalue weighted by Crippen LogP contribution is -2.12. The van der Waals surface area contributed by atoms with Crippen molar-refractivity contribution in [3.63, 3.8) is 0 Å². The molecule has 148 valence electrons. The minimum atomic E-state index is -0.0576. The molecule has 0 unspecified atom stereocenters. The van der Waals surface area contributed by atoms with Gasteiger partial charge in [0.05, 0.1) is 32.9 Å². The van der Waals surface area contributed by atoms with E-state index in [2.05, 4.69) is 22.2 Å². The Balaban J connectivity index is 2.00. The molecule has 0 aliphatic rings. The molecule has 1 aromatic heterocycles. The number of ether oxygens (including phenoxy) is 3. The van der Waals surface area contributed by atoms with E-state index in [1.165, 1.54) is 0 Å². The molecule has 0 saturated heterocycles. The highest BCUT2D eigenvalue weighted by Crippen LogP contribution is 2.40. The summed E-state index contributed by atoms with van der Waals surface area (Å²) in [5.41, 5.74) is 7.57. The minimum Gasteiger partial charge on any atom is -0.493 e. The first-order valence-corrected chi connectivity index (χ1v) is 9.13. The van der Waals surface area contributed by atoms with E-state index >= 15 is 0 Å². The van der Waals surface area contributed by atoms with Crippen LogP contribution in [-0.2, 0) is 6.42 Å². The molecule has 0 spiro atoms. The summed E-state index contributed by atoms with van der Waals surface area (Å²) < 4.78 is 16.3. The molecule has 0 aliphatic heterocycles. The predicted octanol–water partition coefficient (Wildman–Crippen LogP) is 3.33. The van der Waals surface area contributed by atoms with Crippen molar-refractivity contribution in [3.05, 3.63) is 47.8 Å². The van der Waals surface area contributed by atoms with Gasteiger partial charge in [-0.2, -0.15) is 0 Å². The Morgan fingerprint density at radius 2 is 1.68 bits per heavy atom. The second kappa shape index (κ2) is 8.75. The average Bonchev–Trinajstić information content (AvgIpc) is 2.72. The maximum Gasteiger partial charge on any atom is 0.203 e. The second-order valence-corrected chi connectivity index (χ2v) is 6.37. The third-order valence-electron chi connectivity index (χ3n) is 4.56. The van der Waals surface area contributed by atoms with Crippen molar-refractivity contribution >= 4 is 16.7 Å². The number of nitrogens with one attached hydrogen (secondary N) is 1. The number of benzene rings is 2. The Kier molecular flexibility index (Phi) is 6.16. The molecule has 7 nitrogen and oxygen atoms in total. The molecule has 3 rings (SSSR count). The van der Waals surface area contributed by atoms with Crippen molar-refractivity contribution < 1.29 is 14.2 Å². The number of aromatic nitrogens is 2. The van der Waals surface area contributed by atoms with Crippen LogP contribution in [0.25, 0.3) is 10.9 Å². The Morgan fingerprint density at radius 3 is 2.29 bits per heavy atom. The number of nitrogens with zero attached hydrogens (tertiary/aromatic N) is 2. The Labute approximate surface area is 164 Å². The molecular weight excluding hydrogens is 356 g/mol. The van der Waals surface area contributed by atoms with Gasteiger partial charge in [0.1, 0.15) is 11.6 Å². The number of para-hydroxylation sites is 1. The van der Waals surface area contributed by atoms with Crippen LogP contribution in [0.15, 0.2) is 36.4 Å². The van der Waals surface area contributed by atoms with E-state index in [1.54, 1.807) is 21.3 Å². The molecule has 0 saturated carbocycles. The highest BCUT2D eigenvalue weighted by molar-refractivity contribution is 5.89. The van der Waals surface area contributed by atoms with E-state index in [4.69, 9.17) is 19.9 Å². The fraction of sp³-hybridized carbons (Fsp3) is 0.333. The minimum absolute atomic E-state index is 0.0576. The number of fused-ring (bicyclic) bond motifs is 1. The summed E-state index contributed by atoms with van der Waals surface area (Å²) >= 11 is 0.